The Labute approximate surface area is 165 Å². The monoisotopic (exact) mass is 362 g/mol. The van der Waals surface area contributed by atoms with Crippen molar-refractivity contribution in [3.05, 3.63) is 59.2 Å². The third-order valence-corrected chi connectivity index (χ3v) is 5.84. The highest BCUT2D eigenvalue weighted by molar-refractivity contribution is 5.83. The zero-order chi connectivity index (χ0) is 19.4. The molecule has 0 spiro atoms. The Bertz CT molecular complexity index is 786. The lowest BCUT2D eigenvalue weighted by atomic mass is 9.79. The van der Waals surface area contributed by atoms with Crippen LogP contribution in [0, 0.1) is 0 Å². The van der Waals surface area contributed by atoms with Gasteiger partial charge in [-0.2, -0.15) is 0 Å². The maximum atomic E-state index is 4.70. The molecule has 0 saturated heterocycles. The summed E-state index contributed by atoms with van der Waals surface area (Å²) in [7, 11) is 0. The van der Waals surface area contributed by atoms with Crippen molar-refractivity contribution < 1.29 is 0 Å². The fourth-order valence-corrected chi connectivity index (χ4v) is 4.47. The van der Waals surface area contributed by atoms with Crippen LogP contribution < -0.4 is 4.90 Å². The van der Waals surface area contributed by atoms with Gasteiger partial charge < -0.3 is 4.90 Å². The van der Waals surface area contributed by atoms with Crippen LogP contribution in [0.4, 0.5) is 11.4 Å². The molecule has 0 N–H and O–H groups in total. The van der Waals surface area contributed by atoms with Crippen LogP contribution in [0.3, 0.4) is 0 Å². The first-order chi connectivity index (χ1) is 12.9. The van der Waals surface area contributed by atoms with Crippen molar-refractivity contribution in [2.75, 3.05) is 11.4 Å². The van der Waals surface area contributed by atoms with Gasteiger partial charge in [0.2, 0.25) is 0 Å². The summed E-state index contributed by atoms with van der Waals surface area (Å²) >= 11 is 0. The lowest BCUT2D eigenvalue weighted by Crippen LogP contribution is -2.48. The second kappa shape index (κ2) is 8.29. The molecule has 1 atom stereocenters. The standard InChI is InChI=1S/C25H34N2/c1-6-8-9-20-10-13-22(14-11-20)26-18-21-12-15-24-23(16-21)19(3)17-25(4,5)27(24)7-2/h10-16,18-19H,6-9,17H2,1-5H3. The molecule has 1 unspecified atom stereocenters. The number of nitrogens with zero attached hydrogens (tertiary/aromatic N) is 2. The van der Waals surface area contributed by atoms with Crippen LogP contribution in [0.15, 0.2) is 47.5 Å². The maximum absolute atomic E-state index is 4.70. The van der Waals surface area contributed by atoms with Crippen LogP contribution in [0.5, 0.6) is 0 Å². The van der Waals surface area contributed by atoms with Crippen molar-refractivity contribution in [3.63, 3.8) is 0 Å². The number of aliphatic imine (C=N–C) groups is 1. The summed E-state index contributed by atoms with van der Waals surface area (Å²) in [6, 6.07) is 15.5. The van der Waals surface area contributed by atoms with Gasteiger partial charge in [-0.1, -0.05) is 38.5 Å². The van der Waals surface area contributed by atoms with E-state index in [0.717, 1.165) is 18.7 Å². The zero-order valence-corrected chi connectivity index (χ0v) is 17.6. The van der Waals surface area contributed by atoms with Crippen molar-refractivity contribution in [3.8, 4) is 0 Å². The van der Waals surface area contributed by atoms with E-state index in [1.165, 1.54) is 41.6 Å². The molecule has 0 amide bonds. The molecular weight excluding hydrogens is 328 g/mol. The average molecular weight is 363 g/mol. The number of anilines is 1. The smallest absolute Gasteiger partial charge is 0.0630 e. The van der Waals surface area contributed by atoms with Crippen molar-refractivity contribution in [1.29, 1.82) is 0 Å². The summed E-state index contributed by atoms with van der Waals surface area (Å²) < 4.78 is 0. The quantitative estimate of drug-likeness (QED) is 0.511. The van der Waals surface area contributed by atoms with E-state index in [2.05, 4.69) is 82.0 Å². The Kier molecular flexibility index (Phi) is 6.04. The van der Waals surface area contributed by atoms with E-state index < -0.39 is 0 Å². The molecule has 2 aromatic carbocycles. The van der Waals surface area contributed by atoms with E-state index in [1.807, 2.05) is 6.21 Å². The van der Waals surface area contributed by atoms with E-state index in [4.69, 9.17) is 4.99 Å². The van der Waals surface area contributed by atoms with Crippen LogP contribution in [0.25, 0.3) is 0 Å². The van der Waals surface area contributed by atoms with Crippen molar-refractivity contribution in [1.82, 2.24) is 0 Å². The molecule has 144 valence electrons. The molecule has 2 heteroatoms. The van der Waals surface area contributed by atoms with Gasteiger partial charge in [-0.05, 0) is 86.9 Å². The fourth-order valence-electron chi connectivity index (χ4n) is 4.47. The molecule has 1 aliphatic rings. The van der Waals surface area contributed by atoms with Gasteiger partial charge in [0.25, 0.3) is 0 Å². The summed E-state index contributed by atoms with van der Waals surface area (Å²) in [5, 5.41) is 0. The van der Waals surface area contributed by atoms with E-state index in [-0.39, 0.29) is 5.54 Å². The van der Waals surface area contributed by atoms with Crippen LogP contribution in [-0.4, -0.2) is 18.3 Å². The number of fused-ring (bicyclic) bond motifs is 1. The number of unbranched alkanes of at least 4 members (excludes halogenated alkanes) is 1. The van der Waals surface area contributed by atoms with E-state index in [1.54, 1.807) is 0 Å². The summed E-state index contributed by atoms with van der Waals surface area (Å²) in [6.07, 6.45) is 6.84. The van der Waals surface area contributed by atoms with Crippen molar-refractivity contribution in [2.24, 2.45) is 4.99 Å². The first-order valence-electron chi connectivity index (χ1n) is 10.5. The predicted octanol–water partition coefficient (Wildman–Crippen LogP) is 6.89. The van der Waals surface area contributed by atoms with Crippen molar-refractivity contribution >= 4 is 17.6 Å². The Hall–Kier alpha value is -2.09. The highest BCUT2D eigenvalue weighted by Gasteiger charge is 2.35. The number of hydrogen-bond acceptors (Lipinski definition) is 2. The minimum absolute atomic E-state index is 0.219. The first-order valence-corrected chi connectivity index (χ1v) is 10.5. The summed E-state index contributed by atoms with van der Waals surface area (Å²) in [6.45, 7) is 12.6. The van der Waals surface area contributed by atoms with Gasteiger partial charge in [0.15, 0.2) is 0 Å². The Morgan fingerprint density at radius 1 is 1.11 bits per heavy atom. The van der Waals surface area contributed by atoms with Crippen LogP contribution >= 0.6 is 0 Å². The molecule has 0 radical (unpaired) electrons. The number of rotatable bonds is 6. The SMILES string of the molecule is CCCCc1ccc(N=Cc2ccc3c(c2)C(C)CC(C)(C)N3CC)cc1. The topological polar surface area (TPSA) is 15.6 Å². The highest BCUT2D eigenvalue weighted by Crippen LogP contribution is 2.43. The lowest BCUT2D eigenvalue weighted by molar-refractivity contribution is 0.381. The molecule has 0 fully saturated rings. The fraction of sp³-hybridized carbons (Fsp3) is 0.480. The molecule has 0 aliphatic carbocycles. The molecule has 2 aromatic rings. The Morgan fingerprint density at radius 3 is 2.52 bits per heavy atom. The van der Waals surface area contributed by atoms with Gasteiger partial charge in [-0.3, -0.25) is 4.99 Å². The minimum atomic E-state index is 0.219. The van der Waals surface area contributed by atoms with Crippen molar-refractivity contribution in [2.45, 2.75) is 71.8 Å². The highest BCUT2D eigenvalue weighted by atomic mass is 15.2. The van der Waals surface area contributed by atoms with E-state index >= 15 is 0 Å². The van der Waals surface area contributed by atoms with Crippen LogP contribution in [0.2, 0.25) is 0 Å². The predicted molar refractivity (Wildman–Crippen MR) is 119 cm³/mol. The molecule has 0 saturated carbocycles. The van der Waals surface area contributed by atoms with Crippen LogP contribution in [0.1, 0.15) is 76.5 Å². The summed E-state index contributed by atoms with van der Waals surface area (Å²) in [5.41, 5.74) is 6.68. The zero-order valence-electron chi connectivity index (χ0n) is 17.6. The van der Waals surface area contributed by atoms with E-state index in [9.17, 15) is 0 Å². The second-order valence-electron chi connectivity index (χ2n) is 8.51. The van der Waals surface area contributed by atoms with E-state index in [0.29, 0.717) is 5.92 Å². The Balaban J connectivity index is 1.79. The maximum Gasteiger partial charge on any atom is 0.0630 e. The molecule has 1 aliphatic heterocycles. The third kappa shape index (κ3) is 4.43. The normalized spacial score (nSPS) is 18.7. The summed E-state index contributed by atoms with van der Waals surface area (Å²) in [4.78, 5) is 7.24. The largest absolute Gasteiger partial charge is 0.366 e. The molecule has 2 nitrogen and oxygen atoms in total. The molecule has 0 aromatic heterocycles. The Morgan fingerprint density at radius 2 is 1.85 bits per heavy atom. The minimum Gasteiger partial charge on any atom is -0.366 e. The molecular formula is C25H34N2. The second-order valence-corrected chi connectivity index (χ2v) is 8.51. The number of hydrogen-bond donors (Lipinski definition) is 0. The van der Waals surface area contributed by atoms with Gasteiger partial charge in [-0.25, -0.2) is 0 Å². The van der Waals surface area contributed by atoms with Gasteiger partial charge >= 0.3 is 0 Å². The molecule has 0 bridgehead atoms. The molecule has 27 heavy (non-hydrogen) atoms. The van der Waals surface area contributed by atoms with Crippen LogP contribution in [-0.2, 0) is 6.42 Å². The van der Waals surface area contributed by atoms with Gasteiger partial charge in [0.1, 0.15) is 0 Å². The summed E-state index contributed by atoms with van der Waals surface area (Å²) in [5.74, 6) is 0.573. The average Bonchev–Trinajstić information content (AvgIpc) is 2.65. The van der Waals surface area contributed by atoms with Gasteiger partial charge in [0, 0.05) is 24.0 Å². The van der Waals surface area contributed by atoms with Gasteiger partial charge in [-0.15, -0.1) is 0 Å². The van der Waals surface area contributed by atoms with Gasteiger partial charge in [0.05, 0.1) is 5.69 Å². The first kappa shape index (κ1) is 19.7. The lowest BCUT2D eigenvalue weighted by Gasteiger charge is -2.47. The molecule has 3 rings (SSSR count). The molecule has 1 heterocycles. The number of aryl methyl sites for hydroxylation is 1. The number of benzene rings is 2. The third-order valence-electron chi connectivity index (χ3n) is 5.84.